The van der Waals surface area contributed by atoms with E-state index in [-0.39, 0.29) is 0 Å². The summed E-state index contributed by atoms with van der Waals surface area (Å²) >= 11 is 0. The second-order valence-electron chi connectivity index (χ2n) is 5.84. The molecule has 3 fully saturated rings. The molecule has 2 aliphatic heterocycles. The van der Waals surface area contributed by atoms with Crippen molar-refractivity contribution < 1.29 is 0 Å². The van der Waals surface area contributed by atoms with Gasteiger partial charge in [-0.25, -0.2) is 0 Å². The summed E-state index contributed by atoms with van der Waals surface area (Å²) in [5, 5.41) is 3.37. The Hall–Kier alpha value is -0.0800. The molecule has 2 atom stereocenters. The van der Waals surface area contributed by atoms with Crippen LogP contribution in [0.1, 0.15) is 19.8 Å². The van der Waals surface area contributed by atoms with Crippen LogP contribution in [0.4, 0.5) is 0 Å². The van der Waals surface area contributed by atoms with Crippen molar-refractivity contribution in [2.45, 2.75) is 19.8 Å². The Labute approximate surface area is 87.0 Å². The van der Waals surface area contributed by atoms with Crippen LogP contribution in [-0.2, 0) is 0 Å². The maximum atomic E-state index is 3.37. The summed E-state index contributed by atoms with van der Waals surface area (Å²) in [5.41, 5.74) is 0. The Bertz CT molecular complexity index is 198. The molecule has 2 saturated heterocycles. The van der Waals surface area contributed by atoms with Gasteiger partial charge in [-0.1, -0.05) is 6.92 Å². The minimum Gasteiger partial charge on any atom is -0.316 e. The first-order valence-electron chi connectivity index (χ1n) is 6.24. The molecule has 2 heterocycles. The van der Waals surface area contributed by atoms with Crippen LogP contribution < -0.4 is 5.32 Å². The van der Waals surface area contributed by atoms with Gasteiger partial charge in [0.05, 0.1) is 0 Å². The zero-order valence-electron chi connectivity index (χ0n) is 9.21. The fourth-order valence-electron chi connectivity index (χ4n) is 3.69. The van der Waals surface area contributed by atoms with Gasteiger partial charge in [-0.15, -0.1) is 0 Å². The third-order valence-electron chi connectivity index (χ3n) is 4.44. The standard InChI is InChI=1S/C12H22N2/c1-9-2-11-7-14(8-12(11)3-9)6-10-4-13-5-10/h9-13H,2-8H2,1H3. The van der Waals surface area contributed by atoms with Gasteiger partial charge in [0.1, 0.15) is 0 Å². The molecule has 0 aromatic heterocycles. The minimum atomic E-state index is 0.964. The van der Waals surface area contributed by atoms with Crippen LogP contribution in [0.2, 0.25) is 0 Å². The van der Waals surface area contributed by atoms with E-state index >= 15 is 0 Å². The smallest absolute Gasteiger partial charge is 0.00342 e. The first-order chi connectivity index (χ1) is 6.81. The van der Waals surface area contributed by atoms with Crippen molar-refractivity contribution in [1.82, 2.24) is 10.2 Å². The molecule has 80 valence electrons. The SMILES string of the molecule is CC1CC2CN(CC3CNC3)CC2C1. The van der Waals surface area contributed by atoms with E-state index in [9.17, 15) is 0 Å². The summed E-state index contributed by atoms with van der Waals surface area (Å²) in [6.45, 7) is 9.15. The van der Waals surface area contributed by atoms with E-state index < -0.39 is 0 Å². The van der Waals surface area contributed by atoms with Crippen molar-refractivity contribution in [3.8, 4) is 0 Å². The highest BCUT2D eigenvalue weighted by atomic mass is 15.2. The topological polar surface area (TPSA) is 15.3 Å². The maximum absolute atomic E-state index is 3.37. The second-order valence-corrected chi connectivity index (χ2v) is 5.84. The molecule has 1 N–H and O–H groups in total. The average molecular weight is 194 g/mol. The van der Waals surface area contributed by atoms with Gasteiger partial charge in [0, 0.05) is 32.7 Å². The molecule has 2 heteroatoms. The molecule has 0 bridgehead atoms. The van der Waals surface area contributed by atoms with Gasteiger partial charge < -0.3 is 10.2 Å². The van der Waals surface area contributed by atoms with Gasteiger partial charge in [-0.05, 0) is 36.5 Å². The number of fused-ring (bicyclic) bond motifs is 1. The number of rotatable bonds is 2. The molecular formula is C12H22N2. The van der Waals surface area contributed by atoms with Gasteiger partial charge in [-0.2, -0.15) is 0 Å². The van der Waals surface area contributed by atoms with Gasteiger partial charge in [0.25, 0.3) is 0 Å². The van der Waals surface area contributed by atoms with Crippen LogP contribution in [-0.4, -0.2) is 37.6 Å². The summed E-state index contributed by atoms with van der Waals surface area (Å²) in [4.78, 5) is 2.73. The molecule has 1 saturated carbocycles. The van der Waals surface area contributed by atoms with Crippen LogP contribution in [0.5, 0.6) is 0 Å². The van der Waals surface area contributed by atoms with Crippen LogP contribution in [0.15, 0.2) is 0 Å². The summed E-state index contributed by atoms with van der Waals surface area (Å²) in [7, 11) is 0. The van der Waals surface area contributed by atoms with E-state index in [0.29, 0.717) is 0 Å². The lowest BCUT2D eigenvalue weighted by Crippen LogP contribution is -2.48. The highest BCUT2D eigenvalue weighted by Gasteiger charge is 2.39. The Morgan fingerprint density at radius 2 is 1.79 bits per heavy atom. The molecule has 0 radical (unpaired) electrons. The molecule has 1 aliphatic carbocycles. The third kappa shape index (κ3) is 1.59. The lowest BCUT2D eigenvalue weighted by atomic mass is 10.0. The van der Waals surface area contributed by atoms with Crippen molar-refractivity contribution in [2.24, 2.45) is 23.7 Å². The first kappa shape index (κ1) is 9.17. The Balaban J connectivity index is 1.51. The molecular weight excluding hydrogens is 172 g/mol. The highest BCUT2D eigenvalue weighted by molar-refractivity contribution is 4.92. The second kappa shape index (κ2) is 3.49. The molecule has 2 nitrogen and oxygen atoms in total. The minimum absolute atomic E-state index is 0.964. The quantitative estimate of drug-likeness (QED) is 0.710. The molecule has 3 rings (SSSR count). The van der Waals surface area contributed by atoms with Gasteiger partial charge in [-0.3, -0.25) is 0 Å². The van der Waals surface area contributed by atoms with E-state index in [1.807, 2.05) is 0 Å². The van der Waals surface area contributed by atoms with Crippen molar-refractivity contribution in [3.63, 3.8) is 0 Å². The van der Waals surface area contributed by atoms with Gasteiger partial charge >= 0.3 is 0 Å². The zero-order chi connectivity index (χ0) is 9.54. The highest BCUT2D eigenvalue weighted by Crippen LogP contribution is 2.41. The fourth-order valence-corrected chi connectivity index (χ4v) is 3.69. The molecule has 14 heavy (non-hydrogen) atoms. The number of likely N-dealkylation sites (tertiary alicyclic amines) is 1. The van der Waals surface area contributed by atoms with Gasteiger partial charge in [0.15, 0.2) is 0 Å². The summed E-state index contributed by atoms with van der Waals surface area (Å²) in [6.07, 6.45) is 3.01. The normalized spacial score (nSPS) is 43.9. The van der Waals surface area contributed by atoms with Crippen molar-refractivity contribution >= 4 is 0 Å². The summed E-state index contributed by atoms with van der Waals surface area (Å²) in [5.74, 6) is 4.08. The van der Waals surface area contributed by atoms with E-state index in [2.05, 4.69) is 17.1 Å². The fraction of sp³-hybridized carbons (Fsp3) is 1.00. The number of hydrogen-bond donors (Lipinski definition) is 1. The first-order valence-corrected chi connectivity index (χ1v) is 6.24. The van der Waals surface area contributed by atoms with Crippen LogP contribution in [0.25, 0.3) is 0 Å². The number of nitrogens with zero attached hydrogens (tertiary/aromatic N) is 1. The van der Waals surface area contributed by atoms with Crippen molar-refractivity contribution in [2.75, 3.05) is 32.7 Å². The van der Waals surface area contributed by atoms with Crippen molar-refractivity contribution in [3.05, 3.63) is 0 Å². The molecule has 3 aliphatic rings. The summed E-state index contributed by atoms with van der Waals surface area (Å²) < 4.78 is 0. The average Bonchev–Trinajstić information content (AvgIpc) is 2.53. The molecule has 0 amide bonds. The van der Waals surface area contributed by atoms with Gasteiger partial charge in [0.2, 0.25) is 0 Å². The molecule has 0 spiro atoms. The van der Waals surface area contributed by atoms with Crippen LogP contribution in [0.3, 0.4) is 0 Å². The lowest BCUT2D eigenvalue weighted by molar-refractivity contribution is 0.209. The molecule has 2 unspecified atom stereocenters. The van der Waals surface area contributed by atoms with Crippen molar-refractivity contribution in [1.29, 1.82) is 0 Å². The molecule has 0 aromatic rings. The largest absolute Gasteiger partial charge is 0.316 e. The third-order valence-corrected chi connectivity index (χ3v) is 4.44. The predicted molar refractivity (Wildman–Crippen MR) is 58.2 cm³/mol. The zero-order valence-corrected chi connectivity index (χ0v) is 9.21. The number of nitrogens with one attached hydrogen (secondary N) is 1. The van der Waals surface area contributed by atoms with E-state index in [4.69, 9.17) is 0 Å². The van der Waals surface area contributed by atoms with Crippen LogP contribution >= 0.6 is 0 Å². The van der Waals surface area contributed by atoms with Crippen LogP contribution in [0, 0.1) is 23.7 Å². The predicted octanol–water partition coefficient (Wildman–Crippen LogP) is 1.18. The monoisotopic (exact) mass is 194 g/mol. The van der Waals surface area contributed by atoms with E-state index in [1.165, 1.54) is 45.6 Å². The Morgan fingerprint density at radius 1 is 1.14 bits per heavy atom. The summed E-state index contributed by atoms with van der Waals surface area (Å²) in [6, 6.07) is 0. The Morgan fingerprint density at radius 3 is 2.29 bits per heavy atom. The number of hydrogen-bond acceptors (Lipinski definition) is 2. The molecule has 0 aromatic carbocycles. The maximum Gasteiger partial charge on any atom is 0.00342 e. The van der Waals surface area contributed by atoms with E-state index in [0.717, 1.165) is 23.7 Å². The lowest BCUT2D eigenvalue weighted by Gasteiger charge is -2.31. The Kier molecular flexibility index (Phi) is 2.29. The van der Waals surface area contributed by atoms with E-state index in [1.54, 1.807) is 0 Å².